The molecule has 4 aromatic carbocycles. The van der Waals surface area contributed by atoms with Crippen LogP contribution in [-0.4, -0.2) is 25.4 Å². The summed E-state index contributed by atoms with van der Waals surface area (Å²) < 4.78 is 61.2. The first kappa shape index (κ1) is 78.0. The average molecular weight is 1170 g/mol. The van der Waals surface area contributed by atoms with E-state index in [0.29, 0.717) is 34.5 Å². The third-order valence-corrected chi connectivity index (χ3v) is 17.2. The topological polar surface area (TPSA) is 18.5 Å². The van der Waals surface area contributed by atoms with Crippen molar-refractivity contribution in [2.75, 3.05) is 13.2 Å². The molecule has 6 aliphatic rings. The van der Waals surface area contributed by atoms with Gasteiger partial charge in [-0.2, -0.15) is 0 Å². The van der Waals surface area contributed by atoms with Crippen molar-refractivity contribution in [1.29, 1.82) is 0 Å². The van der Waals surface area contributed by atoms with E-state index in [1.54, 1.807) is 49.3 Å². The summed E-state index contributed by atoms with van der Waals surface area (Å²) in [5.41, 5.74) is 9.89. The van der Waals surface area contributed by atoms with E-state index in [4.69, 9.17) is 9.47 Å². The molecule has 4 aliphatic carbocycles. The van der Waals surface area contributed by atoms with Crippen LogP contribution in [-0.2, 0) is 9.47 Å². The highest BCUT2D eigenvalue weighted by molar-refractivity contribution is 5.25. The molecule has 6 unspecified atom stereocenters. The van der Waals surface area contributed by atoms with E-state index in [0.717, 1.165) is 71.7 Å². The second-order valence-electron chi connectivity index (χ2n) is 27.2. The second-order valence-corrected chi connectivity index (χ2v) is 27.2. The Morgan fingerprint density at radius 2 is 0.560 bits per heavy atom. The van der Waals surface area contributed by atoms with Gasteiger partial charge in [-0.15, -0.1) is 0 Å². The number of aryl methyl sites for hydroxylation is 8. The Kier molecular flexibility index (Phi) is 41.3. The smallest absolute Gasteiger partial charge is 0.161 e. The van der Waals surface area contributed by atoms with Crippen LogP contribution in [0.4, 0.5) is 17.6 Å². The molecule has 0 N–H and O–H groups in total. The second kappa shape index (κ2) is 44.4. The molecule has 2 nitrogen and oxygen atoms in total. The van der Waals surface area contributed by atoms with Gasteiger partial charge >= 0.3 is 0 Å². The molecule has 2 heterocycles. The molecule has 2 aliphatic heterocycles. The van der Waals surface area contributed by atoms with Crippen LogP contribution in [0.2, 0.25) is 0 Å². The molecule has 6 atom stereocenters. The average Bonchev–Trinajstić information content (AvgIpc) is 3.62. The molecule has 4 aromatic rings. The first-order valence-corrected chi connectivity index (χ1v) is 33.0. The van der Waals surface area contributed by atoms with Crippen molar-refractivity contribution in [2.24, 2.45) is 47.3 Å². The Labute approximate surface area is 515 Å². The summed E-state index contributed by atoms with van der Waals surface area (Å²) >= 11 is 0. The highest BCUT2D eigenvalue weighted by Gasteiger charge is 2.16. The van der Waals surface area contributed by atoms with Crippen LogP contribution in [0, 0.1) is 126 Å². The molecular formula is C78H124F4O2. The van der Waals surface area contributed by atoms with Crippen molar-refractivity contribution in [2.45, 2.75) is 266 Å². The quantitative estimate of drug-likeness (QED) is 0.129. The summed E-state index contributed by atoms with van der Waals surface area (Å²) in [6.07, 6.45) is 30.9. The van der Waals surface area contributed by atoms with E-state index in [2.05, 4.69) is 133 Å². The minimum atomic E-state index is -0.736. The van der Waals surface area contributed by atoms with Crippen molar-refractivity contribution in [3.8, 4) is 0 Å². The predicted octanol–water partition coefficient (Wildman–Crippen LogP) is 24.6. The first-order valence-electron chi connectivity index (χ1n) is 33.0. The van der Waals surface area contributed by atoms with Crippen LogP contribution in [0.3, 0.4) is 0 Å². The van der Waals surface area contributed by atoms with Crippen molar-refractivity contribution in [1.82, 2.24) is 0 Å². The normalized spacial score (nSPS) is 25.0. The van der Waals surface area contributed by atoms with E-state index < -0.39 is 11.6 Å². The maximum absolute atomic E-state index is 12.6. The number of hydrogen-bond donors (Lipinski definition) is 0. The van der Waals surface area contributed by atoms with Crippen LogP contribution in [0.5, 0.6) is 0 Å². The van der Waals surface area contributed by atoms with Gasteiger partial charge in [0.2, 0.25) is 0 Å². The number of rotatable bonds is 0. The third kappa shape index (κ3) is 38.9. The number of ether oxygens (including phenoxy) is 2. The van der Waals surface area contributed by atoms with Crippen LogP contribution < -0.4 is 0 Å². The number of halogens is 4. The molecule has 0 spiro atoms. The Morgan fingerprint density at radius 1 is 0.298 bits per heavy atom. The molecule has 10 rings (SSSR count). The largest absolute Gasteiger partial charge is 0.378 e. The van der Waals surface area contributed by atoms with Crippen LogP contribution >= 0.6 is 0 Å². The lowest BCUT2D eigenvalue weighted by atomic mass is 9.84. The standard InChI is InChI=1S/C8H8F2.2C8H9F.2C8H16.2C8H14.C8H10.2C7H14O/c1-5-3-4-6(2)8(10)7(5)9;2*1-6-3-4-7(2)8(9)5-6;5*1-7-3-5-8(2)6-4-7;2*1-6-3-4-7(2)8-5-6/h3-4H,1-2H3;2*3-5H,1-2H3;2*7-8H,3-6H2,1-2H3;2*3,8H,4-6H2,1-2H3;3-6H,1-2H3;2*6-7H,3-5H2,1-2H3. The predicted molar refractivity (Wildman–Crippen MR) is 358 cm³/mol. The molecule has 6 heteroatoms. The van der Waals surface area contributed by atoms with E-state index in [1.165, 1.54) is 153 Å². The van der Waals surface area contributed by atoms with E-state index in [9.17, 15) is 17.6 Å². The van der Waals surface area contributed by atoms with Crippen molar-refractivity contribution < 1.29 is 27.0 Å². The lowest BCUT2D eigenvalue weighted by Crippen LogP contribution is -2.21. The molecule has 0 radical (unpaired) electrons. The van der Waals surface area contributed by atoms with Gasteiger partial charge in [-0.3, -0.25) is 0 Å². The first-order chi connectivity index (χ1) is 39.5. The van der Waals surface area contributed by atoms with Gasteiger partial charge in [0.1, 0.15) is 11.6 Å². The van der Waals surface area contributed by atoms with E-state index >= 15 is 0 Å². The summed E-state index contributed by atoms with van der Waals surface area (Å²) in [7, 11) is 0. The summed E-state index contributed by atoms with van der Waals surface area (Å²) in [6.45, 7) is 43.8. The minimum Gasteiger partial charge on any atom is -0.378 e. The van der Waals surface area contributed by atoms with Gasteiger partial charge < -0.3 is 9.47 Å². The zero-order chi connectivity index (χ0) is 63.3. The SMILES string of the molecule is CC1=CCC(C)CC1.CC1=CCC(C)CC1.CC1CCC(C)CC1.CC1CCC(C)CC1.CC1CCC(C)OC1.CC1CCC(C)OC1.Cc1ccc(C)c(F)c1.Cc1ccc(C)c(F)c1.Cc1ccc(C)c(F)c1F.Cc1ccc(C)cc1. The van der Waals surface area contributed by atoms with E-state index in [1.807, 2.05) is 26.0 Å². The number of allylic oxidation sites excluding steroid dienone is 4. The van der Waals surface area contributed by atoms with Gasteiger partial charge in [0.15, 0.2) is 11.6 Å². The van der Waals surface area contributed by atoms with Crippen molar-refractivity contribution in [3.63, 3.8) is 0 Å². The summed E-state index contributed by atoms with van der Waals surface area (Å²) in [4.78, 5) is 0. The summed E-state index contributed by atoms with van der Waals surface area (Å²) in [5, 5.41) is 0. The highest BCUT2D eigenvalue weighted by atomic mass is 19.2. The molecule has 0 aromatic heterocycles. The summed E-state index contributed by atoms with van der Waals surface area (Å²) in [5.74, 6) is 5.86. The number of benzene rings is 4. The fourth-order valence-electron chi connectivity index (χ4n) is 9.85. The maximum atomic E-state index is 12.6. The molecule has 84 heavy (non-hydrogen) atoms. The molecule has 0 bridgehead atoms. The third-order valence-electron chi connectivity index (χ3n) is 17.2. The summed E-state index contributed by atoms with van der Waals surface area (Å²) in [6, 6.07) is 22.0. The van der Waals surface area contributed by atoms with E-state index in [-0.39, 0.29) is 11.6 Å². The van der Waals surface area contributed by atoms with Crippen LogP contribution in [0.25, 0.3) is 0 Å². The zero-order valence-corrected chi connectivity index (χ0v) is 57.3. The van der Waals surface area contributed by atoms with Gasteiger partial charge in [-0.25, -0.2) is 17.6 Å². The Bertz CT molecular complexity index is 2120. The minimum absolute atomic E-state index is 0.116. The van der Waals surface area contributed by atoms with Gasteiger partial charge in [-0.05, 0) is 240 Å². The van der Waals surface area contributed by atoms with Gasteiger partial charge in [0.05, 0.1) is 12.2 Å². The Morgan fingerprint density at radius 3 is 0.762 bits per heavy atom. The van der Waals surface area contributed by atoms with Crippen molar-refractivity contribution >= 4 is 0 Å². The lowest BCUT2D eigenvalue weighted by Gasteiger charge is -2.23. The fourth-order valence-corrected chi connectivity index (χ4v) is 9.85. The van der Waals surface area contributed by atoms with Crippen LogP contribution in [0.1, 0.15) is 243 Å². The molecule has 4 fully saturated rings. The van der Waals surface area contributed by atoms with Crippen molar-refractivity contribution in [3.05, 3.63) is 164 Å². The maximum Gasteiger partial charge on any atom is 0.161 e. The van der Waals surface area contributed by atoms with Gasteiger partial charge in [-0.1, -0.05) is 202 Å². The zero-order valence-electron chi connectivity index (χ0n) is 57.3. The monoisotopic (exact) mass is 1170 g/mol. The molecule has 2 saturated heterocycles. The lowest BCUT2D eigenvalue weighted by molar-refractivity contribution is 0.000174. The Hall–Kier alpha value is -4.00. The van der Waals surface area contributed by atoms with Gasteiger partial charge in [0.25, 0.3) is 0 Å². The highest BCUT2D eigenvalue weighted by Crippen LogP contribution is 2.29. The molecular weight excluding hydrogens is 1040 g/mol. The fraction of sp³-hybridized carbons (Fsp3) is 0.641. The molecule has 0 amide bonds. The molecule has 2 saturated carbocycles. The molecule has 476 valence electrons. The van der Waals surface area contributed by atoms with Gasteiger partial charge in [0, 0.05) is 13.2 Å². The van der Waals surface area contributed by atoms with Crippen LogP contribution in [0.15, 0.2) is 96.1 Å². The number of hydrogen-bond acceptors (Lipinski definition) is 2. The Balaban J connectivity index is 0.000000467.